The molecule has 0 radical (unpaired) electrons. The summed E-state index contributed by atoms with van der Waals surface area (Å²) in [5, 5.41) is 26.4. The van der Waals surface area contributed by atoms with Gasteiger partial charge in [-0.25, -0.2) is 4.79 Å². The second-order valence-corrected chi connectivity index (χ2v) is 4.31. The van der Waals surface area contributed by atoms with Crippen LogP contribution < -0.4 is 0 Å². The van der Waals surface area contributed by atoms with E-state index in [1.807, 2.05) is 0 Å². The number of hydroxylamine groups is 2. The fourth-order valence-corrected chi connectivity index (χ4v) is 1.32. The summed E-state index contributed by atoms with van der Waals surface area (Å²) < 4.78 is 4.96. The molecule has 0 aromatic carbocycles. The summed E-state index contributed by atoms with van der Waals surface area (Å²) >= 11 is 0. The number of nitrogens with zero attached hydrogens (tertiary/aromatic N) is 4. The van der Waals surface area contributed by atoms with E-state index in [4.69, 9.17) is 25.6 Å². The van der Waals surface area contributed by atoms with Crippen LogP contribution in [-0.2, 0) is 24.0 Å². The van der Waals surface area contributed by atoms with Gasteiger partial charge in [0.1, 0.15) is 6.23 Å². The third kappa shape index (κ3) is 18.4. The van der Waals surface area contributed by atoms with Crippen molar-refractivity contribution in [3.05, 3.63) is 10.4 Å². The molecule has 1 aliphatic rings. The van der Waals surface area contributed by atoms with Crippen molar-refractivity contribution in [1.82, 2.24) is 5.06 Å². The molecule has 1 fully saturated rings. The molecule has 12 heteroatoms. The van der Waals surface area contributed by atoms with E-state index in [0.29, 0.717) is 5.06 Å². The molecule has 1 unspecified atom stereocenters. The lowest BCUT2D eigenvalue weighted by molar-refractivity contribution is -0.199. The second kappa shape index (κ2) is 21.8. The van der Waals surface area contributed by atoms with Crippen LogP contribution in [0.5, 0.6) is 0 Å². The molecule has 1 atom stereocenters. The summed E-state index contributed by atoms with van der Waals surface area (Å²) in [6, 6.07) is 0. The zero-order valence-corrected chi connectivity index (χ0v) is 16.2. The number of carbonyl (C=O) groups excluding carboxylic acids is 3. The van der Waals surface area contributed by atoms with E-state index in [1.165, 1.54) is 0 Å². The van der Waals surface area contributed by atoms with Crippen molar-refractivity contribution in [2.24, 2.45) is 5.11 Å². The molecule has 0 saturated carbocycles. The van der Waals surface area contributed by atoms with Crippen LogP contribution in [0.1, 0.15) is 47.0 Å². The predicted molar refractivity (Wildman–Crippen MR) is 94.6 cm³/mol. The highest BCUT2D eigenvalue weighted by molar-refractivity contribution is 6.01. The van der Waals surface area contributed by atoms with Crippen LogP contribution in [0, 0.1) is 0 Å². The molecule has 0 bridgehead atoms. The van der Waals surface area contributed by atoms with Crippen LogP contribution in [-0.4, -0.2) is 70.8 Å². The van der Waals surface area contributed by atoms with E-state index >= 15 is 0 Å². The number of hydrogen-bond acceptors (Lipinski definition) is 9. The Hall–Kier alpha value is -2.24. The topological polar surface area (TPSA) is 182 Å². The van der Waals surface area contributed by atoms with Gasteiger partial charge in [0.2, 0.25) is 0 Å². The zero-order chi connectivity index (χ0) is 21.7. The molecular formula is C15H30N4O8. The third-order valence-electron chi connectivity index (χ3n) is 2.08. The van der Waals surface area contributed by atoms with Gasteiger partial charge in [-0.2, -0.15) is 0 Å². The SMILES string of the molecule is CCO.CCO.CCO.CCOC(CC(=O)ON1C(=O)CCC1=O)N=[N+]=[N-]. The predicted octanol–water partition coefficient (Wildman–Crippen LogP) is 0.652. The number of aliphatic hydroxyl groups is 3. The maximum atomic E-state index is 11.4. The molecule has 27 heavy (non-hydrogen) atoms. The van der Waals surface area contributed by atoms with E-state index in [0.717, 1.165) is 0 Å². The smallest absolute Gasteiger partial charge is 0.335 e. The van der Waals surface area contributed by atoms with Gasteiger partial charge in [-0.3, -0.25) is 9.59 Å². The van der Waals surface area contributed by atoms with Crippen molar-refractivity contribution in [2.45, 2.75) is 53.2 Å². The first-order valence-corrected chi connectivity index (χ1v) is 8.37. The Morgan fingerprint density at radius 3 is 1.85 bits per heavy atom. The van der Waals surface area contributed by atoms with Crippen molar-refractivity contribution in [3.63, 3.8) is 0 Å². The Morgan fingerprint density at radius 2 is 1.52 bits per heavy atom. The molecule has 1 saturated heterocycles. The summed E-state index contributed by atoms with van der Waals surface area (Å²) in [5.41, 5.74) is 8.25. The van der Waals surface area contributed by atoms with E-state index in [-0.39, 0.29) is 45.7 Å². The Labute approximate surface area is 158 Å². The molecule has 0 spiro atoms. The van der Waals surface area contributed by atoms with Gasteiger partial charge in [-0.05, 0) is 33.2 Å². The lowest BCUT2D eigenvalue weighted by atomic mass is 10.4. The summed E-state index contributed by atoms with van der Waals surface area (Å²) in [6.07, 6.45) is -1.33. The summed E-state index contributed by atoms with van der Waals surface area (Å²) in [4.78, 5) is 40.9. The van der Waals surface area contributed by atoms with Crippen molar-refractivity contribution in [1.29, 1.82) is 0 Å². The molecule has 2 amide bonds. The van der Waals surface area contributed by atoms with E-state index < -0.39 is 24.0 Å². The van der Waals surface area contributed by atoms with Gasteiger partial charge in [0, 0.05) is 44.2 Å². The third-order valence-corrected chi connectivity index (χ3v) is 2.08. The maximum Gasteiger partial charge on any atom is 0.335 e. The van der Waals surface area contributed by atoms with Gasteiger partial charge >= 0.3 is 5.97 Å². The molecule has 158 valence electrons. The highest BCUT2D eigenvalue weighted by atomic mass is 16.7. The second-order valence-electron chi connectivity index (χ2n) is 4.31. The molecule has 12 nitrogen and oxygen atoms in total. The standard InChI is InChI=1S/C9H12N4O5.3C2H6O/c1-2-17-6(11-12-10)5-9(16)18-13-7(14)3-4-8(13)15;3*1-2-3/h6H,2-5H2,1H3;3*3H,2H2,1H3. The first-order chi connectivity index (χ1) is 12.8. The number of imide groups is 1. The lowest BCUT2D eigenvalue weighted by Crippen LogP contribution is -2.33. The largest absolute Gasteiger partial charge is 0.397 e. The minimum atomic E-state index is -1.01. The minimum Gasteiger partial charge on any atom is -0.397 e. The first kappa shape index (κ1) is 29.5. The van der Waals surface area contributed by atoms with Crippen LogP contribution in [0.3, 0.4) is 0 Å². The highest BCUT2D eigenvalue weighted by Crippen LogP contribution is 2.13. The molecule has 1 aliphatic heterocycles. The van der Waals surface area contributed by atoms with Gasteiger partial charge in [-0.15, -0.1) is 5.06 Å². The van der Waals surface area contributed by atoms with Gasteiger partial charge in [-0.1, -0.05) is 5.11 Å². The molecule has 1 rings (SSSR count). The number of amides is 2. The Kier molecular flexibility index (Phi) is 23.8. The summed E-state index contributed by atoms with van der Waals surface area (Å²) in [7, 11) is 0. The van der Waals surface area contributed by atoms with E-state index in [9.17, 15) is 14.4 Å². The normalized spacial score (nSPS) is 12.9. The summed E-state index contributed by atoms with van der Waals surface area (Å²) in [6.45, 7) is 7.71. The number of carbonyl (C=O) groups is 3. The van der Waals surface area contributed by atoms with Gasteiger partial charge in [0.15, 0.2) is 0 Å². The minimum absolute atomic E-state index is 0.0251. The van der Waals surface area contributed by atoms with Crippen molar-refractivity contribution < 1.29 is 39.3 Å². The number of rotatable bonds is 6. The average Bonchev–Trinajstić information content (AvgIpc) is 2.89. The van der Waals surface area contributed by atoms with Gasteiger partial charge < -0.3 is 24.9 Å². The number of azide groups is 1. The number of hydrogen-bond donors (Lipinski definition) is 3. The molecule has 0 aromatic rings. The van der Waals surface area contributed by atoms with Crippen LogP contribution in [0.2, 0.25) is 0 Å². The van der Waals surface area contributed by atoms with E-state index in [1.54, 1.807) is 27.7 Å². The average molecular weight is 394 g/mol. The first-order valence-electron chi connectivity index (χ1n) is 8.37. The quantitative estimate of drug-likeness (QED) is 0.254. The maximum absolute atomic E-state index is 11.4. The van der Waals surface area contributed by atoms with Crippen LogP contribution >= 0.6 is 0 Å². The van der Waals surface area contributed by atoms with Crippen LogP contribution in [0.4, 0.5) is 0 Å². The van der Waals surface area contributed by atoms with Crippen molar-refractivity contribution in [3.8, 4) is 0 Å². The molecule has 1 heterocycles. The highest BCUT2D eigenvalue weighted by Gasteiger charge is 2.33. The van der Waals surface area contributed by atoms with Crippen LogP contribution in [0.25, 0.3) is 10.4 Å². The molecule has 0 aliphatic carbocycles. The molecular weight excluding hydrogens is 364 g/mol. The lowest BCUT2D eigenvalue weighted by Gasteiger charge is -2.14. The van der Waals surface area contributed by atoms with Crippen molar-refractivity contribution in [2.75, 3.05) is 26.4 Å². The molecule has 3 N–H and O–H groups in total. The fraction of sp³-hybridized carbons (Fsp3) is 0.800. The molecule has 0 aromatic heterocycles. The Morgan fingerprint density at radius 1 is 1.11 bits per heavy atom. The van der Waals surface area contributed by atoms with E-state index in [2.05, 4.69) is 14.9 Å². The zero-order valence-electron chi connectivity index (χ0n) is 16.2. The monoisotopic (exact) mass is 394 g/mol. The summed E-state index contributed by atoms with van der Waals surface area (Å²) in [5.74, 6) is -2.00. The number of aliphatic hydroxyl groups excluding tert-OH is 3. The van der Waals surface area contributed by atoms with Gasteiger partial charge in [0.25, 0.3) is 11.8 Å². The Balaban J connectivity index is -0.000000540. The Bertz CT molecular complexity index is 434. The number of ether oxygens (including phenoxy) is 1. The van der Waals surface area contributed by atoms with Crippen molar-refractivity contribution >= 4 is 17.8 Å². The van der Waals surface area contributed by atoms with Gasteiger partial charge in [0.05, 0.1) is 6.42 Å². The van der Waals surface area contributed by atoms with Crippen LogP contribution in [0.15, 0.2) is 5.11 Å². The fourth-order valence-electron chi connectivity index (χ4n) is 1.32.